The Morgan fingerprint density at radius 2 is 1.64 bits per heavy atom. The minimum Gasteiger partial charge on any atom is -0.357 e. The number of unbranched alkanes of at least 4 members (excludes halogenated alkanes) is 5. The van der Waals surface area contributed by atoms with Crippen molar-refractivity contribution in [1.82, 2.24) is 40.2 Å². The van der Waals surface area contributed by atoms with Crippen molar-refractivity contribution in [1.29, 1.82) is 0 Å². The van der Waals surface area contributed by atoms with Crippen molar-refractivity contribution in [2.24, 2.45) is 5.92 Å². The fourth-order valence-electron chi connectivity index (χ4n) is 10.4. The normalized spacial score (nSPS) is 19.9. The van der Waals surface area contributed by atoms with Gasteiger partial charge in [0.2, 0.25) is 17.7 Å². The van der Waals surface area contributed by atoms with Crippen LogP contribution in [0.15, 0.2) is 67.1 Å². The first-order chi connectivity index (χ1) is 32.8. The Labute approximate surface area is 395 Å². The number of carbonyl (C=O) groups is 5. The molecule has 67 heavy (non-hydrogen) atoms. The van der Waals surface area contributed by atoms with Crippen LogP contribution in [0.25, 0.3) is 6.08 Å². The Hall–Kier alpha value is -5.91. The van der Waals surface area contributed by atoms with Gasteiger partial charge >= 0.3 is 0 Å². The van der Waals surface area contributed by atoms with E-state index in [4.69, 9.17) is 4.98 Å². The van der Waals surface area contributed by atoms with Gasteiger partial charge < -0.3 is 24.9 Å². The summed E-state index contributed by atoms with van der Waals surface area (Å²) in [6.45, 7) is 10.2. The molecule has 0 spiro atoms. The first kappa shape index (κ1) is 47.6. The number of piperidine rings is 3. The molecular weight excluding hydrogens is 843 g/mol. The number of amides is 5. The molecule has 5 amide bonds. The smallest absolute Gasteiger partial charge is 0.255 e. The van der Waals surface area contributed by atoms with Gasteiger partial charge in [0.1, 0.15) is 11.9 Å². The second-order valence-corrected chi connectivity index (χ2v) is 18.8. The largest absolute Gasteiger partial charge is 0.357 e. The molecule has 1 aromatic carbocycles. The predicted octanol–water partition coefficient (Wildman–Crippen LogP) is 5.68. The third-order valence-corrected chi connectivity index (χ3v) is 14.4. The van der Waals surface area contributed by atoms with Gasteiger partial charge in [-0.3, -0.25) is 39.2 Å². The molecule has 2 aromatic heterocycles. The monoisotopic (exact) mass is 910 g/mol. The molecule has 5 aliphatic heterocycles. The minimum atomic E-state index is -0.618. The number of hydrogen-bond acceptors (Lipinski definition) is 10. The lowest BCUT2D eigenvalue weighted by Gasteiger charge is -2.43. The van der Waals surface area contributed by atoms with Crippen LogP contribution in [0.5, 0.6) is 0 Å². The van der Waals surface area contributed by atoms with Crippen LogP contribution in [-0.4, -0.2) is 137 Å². The van der Waals surface area contributed by atoms with Crippen LogP contribution in [0.2, 0.25) is 0 Å². The quantitative estimate of drug-likeness (QED) is 0.0750. The zero-order valence-corrected chi connectivity index (χ0v) is 39.0. The lowest BCUT2D eigenvalue weighted by molar-refractivity contribution is -0.137. The first-order valence-electron chi connectivity index (χ1n) is 24.9. The van der Waals surface area contributed by atoms with Crippen molar-refractivity contribution in [3.05, 3.63) is 94.9 Å². The molecule has 3 aromatic rings. The number of pyridine rings is 2. The number of piperazine rings is 1. The van der Waals surface area contributed by atoms with Gasteiger partial charge in [-0.2, -0.15) is 0 Å². The maximum absolute atomic E-state index is 13.4. The van der Waals surface area contributed by atoms with Gasteiger partial charge in [0.25, 0.3) is 11.8 Å². The summed E-state index contributed by atoms with van der Waals surface area (Å²) in [6, 6.07) is 13.4. The number of fused-ring (bicyclic) bond motifs is 1. The van der Waals surface area contributed by atoms with Crippen LogP contribution < -0.4 is 15.5 Å². The first-order valence-corrected chi connectivity index (χ1v) is 24.9. The van der Waals surface area contributed by atoms with E-state index in [0.29, 0.717) is 42.6 Å². The summed E-state index contributed by atoms with van der Waals surface area (Å²) in [4.78, 5) is 82.7. The SMILES string of the molecule is O=C(/C=C/c1cccnc1)NCCCCC1CCN(C(=O)c2ccc(N3CCC(N4CCN(CCCCCCC#Cc5cccc6c5CN(C5CCC(=O)NC5=O)C6=O)CC4)CC3)nc2)CC1. The Bertz CT molecular complexity index is 2270. The molecule has 7 heterocycles. The van der Waals surface area contributed by atoms with Gasteiger partial charge in [0.15, 0.2) is 0 Å². The number of carbonyl (C=O) groups excluding carboxylic acids is 5. The lowest BCUT2D eigenvalue weighted by Crippen LogP contribution is -2.53. The van der Waals surface area contributed by atoms with E-state index in [9.17, 15) is 24.0 Å². The molecule has 354 valence electrons. The molecule has 1 unspecified atom stereocenters. The molecule has 0 bridgehead atoms. The number of nitrogens with one attached hydrogen (secondary N) is 2. The zero-order valence-electron chi connectivity index (χ0n) is 39.0. The van der Waals surface area contributed by atoms with E-state index in [0.717, 1.165) is 146 Å². The minimum absolute atomic E-state index is 0.0791. The van der Waals surface area contributed by atoms with E-state index < -0.39 is 11.9 Å². The van der Waals surface area contributed by atoms with Crippen LogP contribution in [0.4, 0.5) is 5.82 Å². The summed E-state index contributed by atoms with van der Waals surface area (Å²) in [5, 5.41) is 5.34. The van der Waals surface area contributed by atoms with E-state index >= 15 is 0 Å². The third kappa shape index (κ3) is 13.0. The van der Waals surface area contributed by atoms with E-state index in [-0.39, 0.29) is 30.0 Å². The van der Waals surface area contributed by atoms with Gasteiger partial charge in [-0.25, -0.2) is 4.98 Å². The number of hydrogen-bond donors (Lipinski definition) is 2. The molecule has 4 saturated heterocycles. The molecule has 0 aliphatic carbocycles. The average Bonchev–Trinajstić information content (AvgIpc) is 3.70. The fraction of sp³-hybridized carbons (Fsp3) is 0.528. The van der Waals surface area contributed by atoms with Crippen molar-refractivity contribution in [3.8, 4) is 11.8 Å². The second kappa shape index (κ2) is 23.7. The third-order valence-electron chi connectivity index (χ3n) is 14.4. The summed E-state index contributed by atoms with van der Waals surface area (Å²) in [5.74, 6) is 7.35. The number of aromatic nitrogens is 2. The van der Waals surface area contributed by atoms with Crippen molar-refractivity contribution < 1.29 is 24.0 Å². The Kier molecular flexibility index (Phi) is 16.8. The number of benzene rings is 1. The van der Waals surface area contributed by atoms with E-state index in [1.165, 1.54) is 12.8 Å². The molecule has 1 atom stereocenters. The molecule has 5 aliphatic rings. The summed E-state index contributed by atoms with van der Waals surface area (Å²) < 4.78 is 0. The van der Waals surface area contributed by atoms with Crippen molar-refractivity contribution in [2.75, 3.05) is 70.3 Å². The van der Waals surface area contributed by atoms with E-state index in [2.05, 4.69) is 42.2 Å². The Morgan fingerprint density at radius 1 is 0.821 bits per heavy atom. The van der Waals surface area contributed by atoms with Crippen LogP contribution in [0.3, 0.4) is 0 Å². The zero-order chi connectivity index (χ0) is 46.4. The average molecular weight is 910 g/mol. The number of likely N-dealkylation sites (tertiary alicyclic amines) is 1. The van der Waals surface area contributed by atoms with Crippen LogP contribution in [0, 0.1) is 17.8 Å². The summed E-state index contributed by atoms with van der Waals surface area (Å²) in [6.07, 6.45) is 22.0. The summed E-state index contributed by atoms with van der Waals surface area (Å²) in [5.41, 5.74) is 3.91. The van der Waals surface area contributed by atoms with E-state index in [1.54, 1.807) is 41.7 Å². The molecule has 14 heteroatoms. The fourth-order valence-corrected chi connectivity index (χ4v) is 10.4. The van der Waals surface area contributed by atoms with Crippen molar-refractivity contribution in [2.45, 2.75) is 109 Å². The van der Waals surface area contributed by atoms with Crippen molar-refractivity contribution >= 4 is 41.4 Å². The second-order valence-electron chi connectivity index (χ2n) is 18.8. The Morgan fingerprint density at radius 3 is 2.40 bits per heavy atom. The molecule has 8 rings (SSSR count). The highest BCUT2D eigenvalue weighted by Gasteiger charge is 2.40. The van der Waals surface area contributed by atoms with Gasteiger partial charge in [-0.05, 0) is 111 Å². The maximum atomic E-state index is 13.4. The van der Waals surface area contributed by atoms with Crippen LogP contribution in [0.1, 0.15) is 127 Å². The number of anilines is 1. The molecule has 4 fully saturated rings. The number of rotatable bonds is 17. The number of imide groups is 1. The molecule has 0 saturated carbocycles. The van der Waals surface area contributed by atoms with Gasteiger partial charge in [0, 0.05) is 120 Å². The standard InChI is InChI=1S/C53H67N9O5/c63-49(20-16-41-12-10-26-54-37-41)55-27-7-6-11-40-22-29-61(30-23-40)52(66)43-17-19-48(56-38-43)60-31-24-44(25-32-60)59-35-33-58(34-36-59)28-8-4-2-1-3-5-13-42-14-9-15-45-46(42)39-62(53(45)67)47-18-21-50(64)57-51(47)65/h9-10,12,14-17,19-20,26,37-38,40,44,47H,1-4,6-8,11,18,21-25,27-36,39H2,(H,55,63)(H,57,64,65)/b20-16+. The van der Waals surface area contributed by atoms with Crippen LogP contribution >= 0.6 is 0 Å². The van der Waals surface area contributed by atoms with Gasteiger partial charge in [-0.15, -0.1) is 0 Å². The topological polar surface area (TPSA) is 151 Å². The molecule has 0 radical (unpaired) electrons. The van der Waals surface area contributed by atoms with Gasteiger partial charge in [0.05, 0.1) is 5.56 Å². The highest BCUT2D eigenvalue weighted by Crippen LogP contribution is 2.30. The maximum Gasteiger partial charge on any atom is 0.255 e. The molecule has 2 N–H and O–H groups in total. The Balaban J connectivity index is 0.652. The molecule has 14 nitrogen and oxygen atoms in total. The van der Waals surface area contributed by atoms with Crippen molar-refractivity contribution in [3.63, 3.8) is 0 Å². The predicted molar refractivity (Wildman–Crippen MR) is 259 cm³/mol. The lowest BCUT2D eigenvalue weighted by atomic mass is 9.91. The highest BCUT2D eigenvalue weighted by molar-refractivity contribution is 6.05. The van der Waals surface area contributed by atoms with Crippen LogP contribution in [-0.2, 0) is 20.9 Å². The summed E-state index contributed by atoms with van der Waals surface area (Å²) in [7, 11) is 0. The molecular formula is C53H67N9O5. The summed E-state index contributed by atoms with van der Waals surface area (Å²) >= 11 is 0. The van der Waals surface area contributed by atoms with E-state index in [1.807, 2.05) is 41.3 Å². The highest BCUT2D eigenvalue weighted by atomic mass is 16.2. The van der Waals surface area contributed by atoms with Gasteiger partial charge in [-0.1, -0.05) is 49.7 Å². The number of nitrogens with zero attached hydrogens (tertiary/aromatic N) is 7.